The van der Waals surface area contributed by atoms with Crippen LogP contribution in [0.1, 0.15) is 25.7 Å². The molecule has 0 aliphatic carbocycles. The van der Waals surface area contributed by atoms with Crippen LogP contribution in [-0.2, 0) is 6.42 Å². The molecule has 0 aliphatic rings. The van der Waals surface area contributed by atoms with Gasteiger partial charge in [-0.15, -0.1) is 5.10 Å². The van der Waals surface area contributed by atoms with Crippen LogP contribution in [0, 0.1) is 0 Å². The fraction of sp³-hybridized carbons (Fsp3) is 0.667. The number of unbranched alkanes of at least 4 members (excludes halogenated alkanes) is 1. The fourth-order valence-electron chi connectivity index (χ4n) is 0.667. The number of aromatic nitrogens is 2. The molecule has 3 nitrogen and oxygen atoms in total. The Labute approximate surface area is 65.2 Å². The smallest absolute Gasteiger partial charge is 0.309 e. The first-order valence-corrected chi connectivity index (χ1v) is 3.73. The Morgan fingerprint density at radius 2 is 2.30 bits per heavy atom. The van der Waals surface area contributed by atoms with E-state index in [0.29, 0.717) is 5.89 Å². The maximum atomic E-state index is 4.98. The van der Waals surface area contributed by atoms with Crippen LogP contribution in [0.2, 0.25) is 0 Å². The first kappa shape index (κ1) is 7.47. The minimum Gasteiger partial charge on any atom is -0.413 e. The SMILES string of the molecule is CCCCc1nnc([S])o1. The highest BCUT2D eigenvalue weighted by Gasteiger charge is 2.00. The van der Waals surface area contributed by atoms with Crippen LogP contribution in [0.5, 0.6) is 0 Å². The lowest BCUT2D eigenvalue weighted by atomic mass is 10.2. The van der Waals surface area contributed by atoms with Gasteiger partial charge in [-0.25, -0.2) is 0 Å². The van der Waals surface area contributed by atoms with E-state index < -0.39 is 0 Å². The van der Waals surface area contributed by atoms with Crippen LogP contribution in [0.3, 0.4) is 0 Å². The Morgan fingerprint density at radius 3 is 2.80 bits per heavy atom. The molecule has 4 heteroatoms. The maximum Gasteiger partial charge on any atom is 0.309 e. The zero-order valence-electron chi connectivity index (χ0n) is 5.83. The molecule has 1 aromatic rings. The van der Waals surface area contributed by atoms with Gasteiger partial charge in [0.1, 0.15) is 0 Å². The number of rotatable bonds is 3. The van der Waals surface area contributed by atoms with Gasteiger partial charge in [0.2, 0.25) is 5.89 Å². The highest BCUT2D eigenvalue weighted by atomic mass is 32.1. The van der Waals surface area contributed by atoms with Crippen molar-refractivity contribution in [3.05, 3.63) is 5.89 Å². The first-order valence-electron chi connectivity index (χ1n) is 3.32. The summed E-state index contributed by atoms with van der Waals surface area (Å²) >= 11 is 4.64. The molecule has 0 spiro atoms. The van der Waals surface area contributed by atoms with Gasteiger partial charge in [0.05, 0.1) is 0 Å². The second kappa shape index (κ2) is 3.51. The molecule has 0 aromatic carbocycles. The summed E-state index contributed by atoms with van der Waals surface area (Å²) in [6.07, 6.45) is 3.06. The topological polar surface area (TPSA) is 38.9 Å². The zero-order valence-corrected chi connectivity index (χ0v) is 6.65. The zero-order chi connectivity index (χ0) is 7.40. The minimum absolute atomic E-state index is 0.242. The van der Waals surface area contributed by atoms with Crippen molar-refractivity contribution in [2.45, 2.75) is 31.4 Å². The Morgan fingerprint density at radius 1 is 1.50 bits per heavy atom. The standard InChI is InChI=1S/C6H9N2OS/c1-2-3-4-5-7-8-6(10)9-5/h2-4H2,1H3. The summed E-state index contributed by atoms with van der Waals surface area (Å²) in [4.78, 5) is 0. The van der Waals surface area contributed by atoms with E-state index >= 15 is 0 Å². The number of aryl methyl sites for hydroxylation is 1. The molecule has 10 heavy (non-hydrogen) atoms. The largest absolute Gasteiger partial charge is 0.413 e. The van der Waals surface area contributed by atoms with Crippen LogP contribution < -0.4 is 0 Å². The van der Waals surface area contributed by atoms with Crippen molar-refractivity contribution in [2.24, 2.45) is 0 Å². The third-order valence-electron chi connectivity index (χ3n) is 1.19. The summed E-state index contributed by atoms with van der Waals surface area (Å²) in [5.41, 5.74) is 0. The summed E-state index contributed by atoms with van der Waals surface area (Å²) in [7, 11) is 0. The fourth-order valence-corrected chi connectivity index (χ4v) is 0.804. The highest BCUT2D eigenvalue weighted by Crippen LogP contribution is 2.06. The molecule has 55 valence electrons. The number of hydrogen-bond acceptors (Lipinski definition) is 3. The summed E-state index contributed by atoms with van der Waals surface area (Å²) in [6, 6.07) is 0. The predicted molar refractivity (Wildman–Crippen MR) is 38.8 cm³/mol. The van der Waals surface area contributed by atoms with Gasteiger partial charge in [-0.3, -0.25) is 0 Å². The van der Waals surface area contributed by atoms with Crippen molar-refractivity contribution >= 4 is 12.6 Å². The van der Waals surface area contributed by atoms with Gasteiger partial charge in [-0.2, -0.15) is 0 Å². The van der Waals surface area contributed by atoms with E-state index in [9.17, 15) is 0 Å². The predicted octanol–water partition coefficient (Wildman–Crippen LogP) is 1.97. The molecule has 0 unspecified atom stereocenters. The van der Waals surface area contributed by atoms with E-state index in [-0.39, 0.29) is 5.22 Å². The van der Waals surface area contributed by atoms with E-state index in [1.165, 1.54) is 0 Å². The van der Waals surface area contributed by atoms with Crippen LogP contribution >= 0.6 is 12.6 Å². The quantitative estimate of drug-likeness (QED) is 0.673. The first-order chi connectivity index (χ1) is 4.83. The molecule has 0 aliphatic heterocycles. The molecule has 1 aromatic heterocycles. The number of nitrogens with zero attached hydrogens (tertiary/aromatic N) is 2. The Kier molecular flexibility index (Phi) is 2.62. The third-order valence-corrected chi connectivity index (χ3v) is 1.36. The molecular weight excluding hydrogens is 148 g/mol. The van der Waals surface area contributed by atoms with Crippen molar-refractivity contribution in [3.8, 4) is 0 Å². The van der Waals surface area contributed by atoms with E-state index in [1.807, 2.05) is 0 Å². The van der Waals surface area contributed by atoms with Crippen molar-refractivity contribution in [1.29, 1.82) is 0 Å². The average molecular weight is 157 g/mol. The highest BCUT2D eigenvalue weighted by molar-refractivity contribution is 7.80. The van der Waals surface area contributed by atoms with Crippen molar-refractivity contribution < 1.29 is 4.42 Å². The second-order valence-corrected chi connectivity index (χ2v) is 2.41. The molecule has 0 N–H and O–H groups in total. The molecule has 0 amide bonds. The van der Waals surface area contributed by atoms with E-state index in [1.54, 1.807) is 0 Å². The Balaban J connectivity index is 2.42. The molecule has 0 saturated carbocycles. The molecule has 0 bridgehead atoms. The second-order valence-electron chi connectivity index (χ2n) is 2.07. The number of hydrogen-bond donors (Lipinski definition) is 0. The summed E-state index contributed by atoms with van der Waals surface area (Å²) in [6.45, 7) is 2.12. The molecule has 0 atom stereocenters. The van der Waals surface area contributed by atoms with Gasteiger partial charge in [-0.05, 0) is 19.0 Å². The van der Waals surface area contributed by atoms with Crippen LogP contribution in [0.4, 0.5) is 0 Å². The van der Waals surface area contributed by atoms with Gasteiger partial charge in [0, 0.05) is 6.42 Å². The van der Waals surface area contributed by atoms with Crippen molar-refractivity contribution in [2.75, 3.05) is 0 Å². The van der Waals surface area contributed by atoms with E-state index in [4.69, 9.17) is 4.42 Å². The lowest BCUT2D eigenvalue weighted by Crippen LogP contribution is -1.83. The van der Waals surface area contributed by atoms with Gasteiger partial charge in [0.15, 0.2) is 0 Å². The summed E-state index contributed by atoms with van der Waals surface area (Å²) in [5.74, 6) is 0.659. The van der Waals surface area contributed by atoms with Crippen molar-refractivity contribution in [3.63, 3.8) is 0 Å². The van der Waals surface area contributed by atoms with Gasteiger partial charge < -0.3 is 4.42 Å². The molecule has 0 saturated heterocycles. The lowest BCUT2D eigenvalue weighted by molar-refractivity contribution is 0.410. The van der Waals surface area contributed by atoms with Gasteiger partial charge >= 0.3 is 5.22 Å². The molecule has 1 radical (unpaired) electrons. The van der Waals surface area contributed by atoms with Crippen LogP contribution in [-0.4, -0.2) is 10.2 Å². The van der Waals surface area contributed by atoms with Gasteiger partial charge in [0.25, 0.3) is 0 Å². The van der Waals surface area contributed by atoms with Gasteiger partial charge in [-0.1, -0.05) is 18.4 Å². The Hall–Kier alpha value is -0.640. The lowest BCUT2D eigenvalue weighted by Gasteiger charge is -1.87. The molecule has 0 fully saturated rings. The average Bonchev–Trinajstić information content (AvgIpc) is 2.31. The van der Waals surface area contributed by atoms with E-state index in [2.05, 4.69) is 29.7 Å². The monoisotopic (exact) mass is 157 g/mol. The third kappa shape index (κ3) is 1.95. The normalized spacial score (nSPS) is 10.1. The Bertz CT molecular complexity index is 199. The van der Waals surface area contributed by atoms with Crippen LogP contribution in [0.25, 0.3) is 0 Å². The molecular formula is C6H9N2OS. The maximum absolute atomic E-state index is 4.98. The minimum atomic E-state index is 0.242. The van der Waals surface area contributed by atoms with E-state index in [0.717, 1.165) is 19.3 Å². The molecule has 1 rings (SSSR count). The summed E-state index contributed by atoms with van der Waals surface area (Å²) in [5, 5.41) is 7.54. The van der Waals surface area contributed by atoms with Crippen LogP contribution in [0.15, 0.2) is 9.64 Å². The van der Waals surface area contributed by atoms with Crippen molar-refractivity contribution in [1.82, 2.24) is 10.2 Å². The summed E-state index contributed by atoms with van der Waals surface area (Å²) < 4.78 is 4.98. The molecule has 1 heterocycles.